The molecule has 2 aromatic carbocycles. The molecule has 6 nitrogen and oxygen atoms in total. The Bertz CT molecular complexity index is 924. The van der Waals surface area contributed by atoms with Crippen LogP contribution < -0.4 is 19.7 Å². The lowest BCUT2D eigenvalue weighted by molar-refractivity contribution is -0.111. The van der Waals surface area contributed by atoms with Crippen molar-refractivity contribution in [3.8, 4) is 11.5 Å². The predicted octanol–water partition coefficient (Wildman–Crippen LogP) is 4.54. The lowest BCUT2D eigenvalue weighted by Gasteiger charge is -2.36. The minimum absolute atomic E-state index is 0.205. The fourth-order valence-corrected chi connectivity index (χ4v) is 3.90. The van der Waals surface area contributed by atoms with Gasteiger partial charge in [-0.2, -0.15) is 0 Å². The number of hydrogen-bond donors (Lipinski definition) is 1. The van der Waals surface area contributed by atoms with Gasteiger partial charge in [0.1, 0.15) is 0 Å². The molecule has 1 amide bonds. The first-order valence-electron chi connectivity index (χ1n) is 10.6. The number of ether oxygens (including phenoxy) is 2. The van der Waals surface area contributed by atoms with E-state index < -0.39 is 0 Å². The zero-order chi connectivity index (χ0) is 22.2. The Hall–Kier alpha value is -2.70. The van der Waals surface area contributed by atoms with E-state index in [-0.39, 0.29) is 5.91 Å². The van der Waals surface area contributed by atoms with Crippen LogP contribution in [0.15, 0.2) is 42.5 Å². The van der Waals surface area contributed by atoms with E-state index in [4.69, 9.17) is 21.1 Å². The number of likely N-dealkylation sites (N-methyl/N-ethyl adjacent to an activating group) is 1. The van der Waals surface area contributed by atoms with Crippen LogP contribution in [0.3, 0.4) is 0 Å². The molecule has 0 atom stereocenters. The third-order valence-corrected chi connectivity index (χ3v) is 5.57. The molecule has 3 rings (SSSR count). The van der Waals surface area contributed by atoms with Crippen LogP contribution in [-0.4, -0.2) is 57.2 Å². The van der Waals surface area contributed by atoms with Gasteiger partial charge in [-0.05, 0) is 49.4 Å². The maximum Gasteiger partial charge on any atom is 0.248 e. The maximum absolute atomic E-state index is 12.6. The first-order valence-corrected chi connectivity index (χ1v) is 11.0. The number of rotatable bonds is 8. The monoisotopic (exact) mass is 443 g/mol. The standard InChI is InChI=1S/C24H30ClN3O3/c1-4-27-12-14-28(15-13-27)21-9-7-6-8-20(21)26-23(29)11-10-18-16-19(25)24(31-5-2)22(17-18)30-3/h6-11,16-17H,4-5,12-15H2,1-3H3,(H,26,29)/b11-10+. The van der Waals surface area contributed by atoms with Gasteiger partial charge in [0.05, 0.1) is 30.1 Å². The number of piperazine rings is 1. The summed E-state index contributed by atoms with van der Waals surface area (Å²) in [5.41, 5.74) is 2.61. The van der Waals surface area contributed by atoms with Crippen LogP contribution in [0.25, 0.3) is 6.08 Å². The van der Waals surface area contributed by atoms with Gasteiger partial charge >= 0.3 is 0 Å². The molecule has 1 N–H and O–H groups in total. The van der Waals surface area contributed by atoms with Gasteiger partial charge in [-0.25, -0.2) is 0 Å². The first kappa shape index (κ1) is 23.0. The second kappa shape index (κ2) is 11.1. The van der Waals surface area contributed by atoms with Gasteiger partial charge in [0.25, 0.3) is 0 Å². The molecular weight excluding hydrogens is 414 g/mol. The zero-order valence-electron chi connectivity index (χ0n) is 18.4. The van der Waals surface area contributed by atoms with E-state index in [2.05, 4.69) is 28.1 Å². The summed E-state index contributed by atoms with van der Waals surface area (Å²) in [5, 5.41) is 3.45. The van der Waals surface area contributed by atoms with E-state index in [0.29, 0.717) is 23.1 Å². The molecule has 0 aromatic heterocycles. The highest BCUT2D eigenvalue weighted by Crippen LogP contribution is 2.36. The molecule has 0 radical (unpaired) electrons. The second-order valence-electron chi connectivity index (χ2n) is 7.23. The van der Waals surface area contributed by atoms with Crippen molar-refractivity contribution in [1.82, 2.24) is 4.90 Å². The zero-order valence-corrected chi connectivity index (χ0v) is 19.1. The number of methoxy groups -OCH3 is 1. The Morgan fingerprint density at radius 2 is 1.90 bits per heavy atom. The van der Waals surface area contributed by atoms with E-state index in [0.717, 1.165) is 49.7 Å². The smallest absolute Gasteiger partial charge is 0.248 e. The number of halogens is 1. The Labute approximate surface area is 189 Å². The third-order valence-electron chi connectivity index (χ3n) is 5.29. The van der Waals surface area contributed by atoms with Crippen molar-refractivity contribution in [1.29, 1.82) is 0 Å². The number of anilines is 2. The molecule has 0 bridgehead atoms. The summed E-state index contributed by atoms with van der Waals surface area (Å²) in [6.45, 7) is 9.57. The van der Waals surface area contributed by atoms with Gasteiger partial charge in [-0.1, -0.05) is 30.7 Å². The quantitative estimate of drug-likeness (QED) is 0.607. The number of carbonyl (C=O) groups excluding carboxylic acids is 1. The molecule has 0 saturated carbocycles. The molecule has 1 fully saturated rings. The summed E-state index contributed by atoms with van der Waals surface area (Å²) in [6.07, 6.45) is 3.21. The average molecular weight is 444 g/mol. The van der Waals surface area contributed by atoms with E-state index in [1.807, 2.05) is 25.1 Å². The summed E-state index contributed by atoms with van der Waals surface area (Å²) in [5.74, 6) is 0.833. The molecular formula is C24H30ClN3O3. The van der Waals surface area contributed by atoms with Gasteiger partial charge < -0.3 is 24.6 Å². The maximum atomic E-state index is 12.6. The Balaban J connectivity index is 1.70. The van der Waals surface area contributed by atoms with Crippen molar-refractivity contribution < 1.29 is 14.3 Å². The van der Waals surface area contributed by atoms with Crippen molar-refractivity contribution in [2.24, 2.45) is 0 Å². The Morgan fingerprint density at radius 1 is 1.16 bits per heavy atom. The molecule has 1 heterocycles. The SMILES string of the molecule is CCOc1c(Cl)cc(/C=C/C(=O)Nc2ccccc2N2CCN(CC)CC2)cc1OC. The van der Waals surface area contributed by atoms with Gasteiger partial charge in [0.15, 0.2) is 11.5 Å². The topological polar surface area (TPSA) is 54.0 Å². The molecule has 1 aliphatic heterocycles. The van der Waals surface area contributed by atoms with Crippen molar-refractivity contribution in [2.45, 2.75) is 13.8 Å². The number of nitrogens with zero attached hydrogens (tertiary/aromatic N) is 2. The highest BCUT2D eigenvalue weighted by molar-refractivity contribution is 6.32. The van der Waals surface area contributed by atoms with E-state index in [1.54, 1.807) is 25.3 Å². The van der Waals surface area contributed by atoms with E-state index in [1.165, 1.54) is 6.08 Å². The molecule has 7 heteroatoms. The van der Waals surface area contributed by atoms with Crippen LogP contribution in [0, 0.1) is 0 Å². The molecule has 0 aliphatic carbocycles. The van der Waals surface area contributed by atoms with Gasteiger partial charge in [-0.3, -0.25) is 4.79 Å². The number of benzene rings is 2. The summed E-state index contributed by atoms with van der Waals surface area (Å²) >= 11 is 6.32. The molecule has 1 aliphatic rings. The van der Waals surface area contributed by atoms with Crippen LogP contribution in [-0.2, 0) is 4.79 Å². The molecule has 0 unspecified atom stereocenters. The highest BCUT2D eigenvalue weighted by atomic mass is 35.5. The largest absolute Gasteiger partial charge is 0.493 e. The molecule has 0 spiro atoms. The van der Waals surface area contributed by atoms with Gasteiger partial charge in [0, 0.05) is 32.3 Å². The average Bonchev–Trinajstić information content (AvgIpc) is 2.79. The summed E-state index contributed by atoms with van der Waals surface area (Å²) in [7, 11) is 1.56. The third kappa shape index (κ3) is 5.93. The minimum atomic E-state index is -0.205. The van der Waals surface area contributed by atoms with Gasteiger partial charge in [0.2, 0.25) is 5.91 Å². The fraction of sp³-hybridized carbons (Fsp3) is 0.375. The lowest BCUT2D eigenvalue weighted by Crippen LogP contribution is -2.46. The fourth-order valence-electron chi connectivity index (χ4n) is 3.63. The number of nitrogens with one attached hydrogen (secondary N) is 1. The minimum Gasteiger partial charge on any atom is -0.493 e. The first-order chi connectivity index (χ1) is 15.0. The van der Waals surface area contributed by atoms with Crippen molar-refractivity contribution >= 4 is 35.0 Å². The van der Waals surface area contributed by atoms with Crippen molar-refractivity contribution in [2.75, 3.05) is 56.7 Å². The molecule has 166 valence electrons. The van der Waals surface area contributed by atoms with Crippen LogP contribution in [0.5, 0.6) is 11.5 Å². The predicted molar refractivity (Wildman–Crippen MR) is 128 cm³/mol. The molecule has 31 heavy (non-hydrogen) atoms. The Kier molecular flexibility index (Phi) is 8.20. The van der Waals surface area contributed by atoms with E-state index in [9.17, 15) is 4.79 Å². The van der Waals surface area contributed by atoms with Crippen molar-refractivity contribution in [3.05, 3.63) is 53.1 Å². The summed E-state index contributed by atoms with van der Waals surface area (Å²) < 4.78 is 10.9. The highest BCUT2D eigenvalue weighted by Gasteiger charge is 2.18. The normalized spacial score (nSPS) is 14.6. The Morgan fingerprint density at radius 3 is 2.58 bits per heavy atom. The van der Waals surface area contributed by atoms with Crippen LogP contribution in [0.2, 0.25) is 5.02 Å². The number of para-hydroxylation sites is 2. The number of amides is 1. The molecule has 2 aromatic rings. The number of carbonyl (C=O) groups is 1. The van der Waals surface area contributed by atoms with Crippen LogP contribution >= 0.6 is 11.6 Å². The van der Waals surface area contributed by atoms with Crippen molar-refractivity contribution in [3.63, 3.8) is 0 Å². The van der Waals surface area contributed by atoms with E-state index >= 15 is 0 Å². The van der Waals surface area contributed by atoms with Crippen LogP contribution in [0.1, 0.15) is 19.4 Å². The van der Waals surface area contributed by atoms with Crippen LogP contribution in [0.4, 0.5) is 11.4 Å². The summed E-state index contributed by atoms with van der Waals surface area (Å²) in [4.78, 5) is 17.4. The molecule has 1 saturated heterocycles. The lowest BCUT2D eigenvalue weighted by atomic mass is 10.1. The number of hydrogen-bond acceptors (Lipinski definition) is 5. The second-order valence-corrected chi connectivity index (χ2v) is 7.64. The van der Waals surface area contributed by atoms with Gasteiger partial charge in [-0.15, -0.1) is 0 Å². The summed E-state index contributed by atoms with van der Waals surface area (Å²) in [6, 6.07) is 11.5.